The van der Waals surface area contributed by atoms with Crippen LogP contribution in [0.4, 0.5) is 0 Å². The van der Waals surface area contributed by atoms with Crippen LogP contribution in [0.25, 0.3) is 0 Å². The number of likely N-dealkylation sites (N-methyl/N-ethyl adjacent to an activating group) is 1. The van der Waals surface area contributed by atoms with Crippen LogP contribution in [-0.2, 0) is 60.8 Å². The Morgan fingerprint density at radius 3 is 1.71 bits per heavy atom. The van der Waals surface area contributed by atoms with Gasteiger partial charge in [-0.1, -0.05) is 64.1 Å². The van der Waals surface area contributed by atoms with Crippen LogP contribution in [0.1, 0.15) is 123 Å². The molecule has 3 unspecified atom stereocenters. The number of nitrogens with zero attached hydrogens (tertiary/aromatic N) is 1. The summed E-state index contributed by atoms with van der Waals surface area (Å²) < 4.78 is 0. The third-order valence-corrected chi connectivity index (χ3v) is 14.2. The predicted octanol–water partition coefficient (Wildman–Crippen LogP) is 1.23. The SMILES string of the molecule is CNC1(C)CCCC=CCCCC(C)(C(=O)NC(Cc2ccc(O)cc2)C(=O)N[C@@H](Cc2ccc(O)cc2)C(=O)NCC(=O)N2CCC[C@H]2C(N)=O)NC(=O)[C@H](CC(C)C)NC(=O)[C@H](CC(C)C)NC(=O)[C@H](CC(=O)O)NC1=O. The predicted molar refractivity (Wildman–Crippen MR) is 292 cm³/mol. The van der Waals surface area contributed by atoms with Crippen molar-refractivity contribution in [3.8, 4) is 11.5 Å². The molecule has 0 bridgehead atoms. The van der Waals surface area contributed by atoms with Crippen LogP contribution in [0.15, 0.2) is 60.7 Å². The first-order chi connectivity index (χ1) is 37.2. The quantitative estimate of drug-likeness (QED) is 0.0881. The summed E-state index contributed by atoms with van der Waals surface area (Å²) in [5.74, 6) is -8.68. The molecule has 434 valence electrons. The largest absolute Gasteiger partial charge is 0.508 e. The second kappa shape index (κ2) is 30.0. The fraction of sp³-hybridized carbons (Fsp3) is 0.571. The average molecular weight is 1100 g/mol. The van der Waals surface area contributed by atoms with Crippen molar-refractivity contribution in [3.63, 3.8) is 0 Å². The lowest BCUT2D eigenvalue weighted by molar-refractivity contribution is -0.142. The first kappa shape index (κ1) is 64.0. The first-order valence-corrected chi connectivity index (χ1v) is 27.1. The van der Waals surface area contributed by atoms with Gasteiger partial charge in [-0.25, -0.2) is 0 Å². The third-order valence-electron chi connectivity index (χ3n) is 14.2. The van der Waals surface area contributed by atoms with Crippen LogP contribution in [0.5, 0.6) is 11.5 Å². The number of aromatic hydroxyl groups is 2. The number of likely N-dealkylation sites (tertiary alicyclic amines) is 1. The molecule has 0 spiro atoms. The van der Waals surface area contributed by atoms with Crippen molar-refractivity contribution in [1.82, 2.24) is 47.4 Å². The van der Waals surface area contributed by atoms with Crippen LogP contribution >= 0.6 is 0 Å². The number of primary amides is 1. The van der Waals surface area contributed by atoms with Crippen molar-refractivity contribution in [2.24, 2.45) is 17.6 Å². The molecule has 2 aromatic carbocycles. The number of hydrogen-bond donors (Lipinski definition) is 12. The van der Waals surface area contributed by atoms with E-state index in [1.54, 1.807) is 40.0 Å². The lowest BCUT2D eigenvalue weighted by atomic mass is 9.91. The number of carbonyl (C=O) groups excluding carboxylic acids is 9. The molecular formula is C56H82N10O13. The van der Waals surface area contributed by atoms with Crippen LogP contribution < -0.4 is 48.3 Å². The van der Waals surface area contributed by atoms with Crippen molar-refractivity contribution < 1.29 is 63.3 Å². The molecule has 23 nitrogen and oxygen atoms in total. The van der Waals surface area contributed by atoms with E-state index >= 15 is 4.79 Å². The topological polar surface area (TPSA) is 357 Å². The van der Waals surface area contributed by atoms with Gasteiger partial charge in [0, 0.05) is 19.4 Å². The summed E-state index contributed by atoms with van der Waals surface area (Å²) in [6.45, 7) is 10.1. The lowest BCUT2D eigenvalue weighted by Crippen LogP contribution is -2.64. The number of carboxylic acid groups (broad SMARTS) is 1. The monoisotopic (exact) mass is 1100 g/mol. The Morgan fingerprint density at radius 1 is 0.696 bits per heavy atom. The molecule has 0 aliphatic carbocycles. The fourth-order valence-electron chi connectivity index (χ4n) is 9.47. The van der Waals surface area contributed by atoms with Crippen LogP contribution in [0.3, 0.4) is 0 Å². The summed E-state index contributed by atoms with van der Waals surface area (Å²) in [6.07, 6.45) is 5.76. The molecule has 0 saturated carbocycles. The van der Waals surface area contributed by atoms with Crippen molar-refractivity contribution in [2.75, 3.05) is 20.1 Å². The third kappa shape index (κ3) is 20.0. The van der Waals surface area contributed by atoms with Gasteiger partial charge in [0.1, 0.15) is 53.3 Å². The Balaban J connectivity index is 1.73. The Morgan fingerprint density at radius 2 is 1.20 bits per heavy atom. The summed E-state index contributed by atoms with van der Waals surface area (Å²) >= 11 is 0. The molecule has 2 aliphatic heterocycles. The van der Waals surface area contributed by atoms with Gasteiger partial charge >= 0.3 is 5.97 Å². The average Bonchev–Trinajstić information content (AvgIpc) is 3.90. The van der Waals surface area contributed by atoms with Gasteiger partial charge in [0.05, 0.1) is 18.5 Å². The molecule has 9 amide bonds. The molecule has 2 aliphatic rings. The van der Waals surface area contributed by atoms with Gasteiger partial charge in [-0.2, -0.15) is 0 Å². The smallest absolute Gasteiger partial charge is 0.305 e. The molecule has 0 aromatic heterocycles. The van der Waals surface area contributed by atoms with Gasteiger partial charge in [-0.05, 0) is 132 Å². The minimum atomic E-state index is -1.78. The zero-order valence-electron chi connectivity index (χ0n) is 46.4. The molecule has 13 N–H and O–H groups in total. The molecule has 4 rings (SSSR count). The van der Waals surface area contributed by atoms with Gasteiger partial charge in [0.15, 0.2) is 0 Å². The highest BCUT2D eigenvalue weighted by Crippen LogP contribution is 2.22. The maximum Gasteiger partial charge on any atom is 0.305 e. The Labute approximate surface area is 461 Å². The van der Waals surface area contributed by atoms with Crippen molar-refractivity contribution in [2.45, 2.75) is 172 Å². The second-order valence-electron chi connectivity index (χ2n) is 21.9. The van der Waals surface area contributed by atoms with E-state index in [-0.39, 0.29) is 62.0 Å². The van der Waals surface area contributed by atoms with Gasteiger partial charge in [-0.3, -0.25) is 47.9 Å². The molecular weight excluding hydrogens is 1020 g/mol. The van der Waals surface area contributed by atoms with E-state index in [2.05, 4.69) is 42.5 Å². The molecule has 2 aromatic rings. The number of phenolic OH excluding ortho intramolecular Hbond substituents is 2. The van der Waals surface area contributed by atoms with Gasteiger partial charge in [0.25, 0.3) is 0 Å². The molecule has 23 heteroatoms. The number of carboxylic acids is 1. The van der Waals surface area contributed by atoms with Crippen molar-refractivity contribution in [1.29, 1.82) is 0 Å². The summed E-state index contributed by atoms with van der Waals surface area (Å²) in [4.78, 5) is 139. The van der Waals surface area contributed by atoms with E-state index in [4.69, 9.17) is 5.73 Å². The standard InChI is InChI=1S/C56H82N10O13/c1-33(2)27-39-49(74)61-40(28-34(3)4)52(77)65-56(6,25-13-11-9-8-10-12-24-55(5,58-7)53(78)64-43(31-46(70)71)51(76)60-39)54(79)63-42(30-36-18-22-38(68)23-19-36)50(75)62-41(29-35-16-20-37(67)21-17-35)48(73)59-32-45(69)66-26-14-15-44(66)47(57)72/h8-9,16-23,33-34,39-44,58,67-68H,10-15,24-32H2,1-7H3,(H2,57,72)(H,59,73)(H,60,76)(H,61,74)(H,62,75)(H,63,79)(H,64,78)(H,65,77)(H,70,71)/t39-,40-,41-,42?,43-,44-,55?,56?/m0/s1. The number of benzene rings is 2. The summed E-state index contributed by atoms with van der Waals surface area (Å²) in [6, 6.07) is 3.91. The molecule has 8 atom stereocenters. The van der Waals surface area contributed by atoms with E-state index in [0.717, 1.165) is 0 Å². The summed E-state index contributed by atoms with van der Waals surface area (Å²) in [5.41, 5.74) is 3.52. The highest BCUT2D eigenvalue weighted by Gasteiger charge is 2.41. The molecule has 2 heterocycles. The van der Waals surface area contributed by atoms with Gasteiger partial charge < -0.3 is 68.5 Å². The number of allylic oxidation sites excluding steroid dienone is 2. The highest BCUT2D eigenvalue weighted by atomic mass is 16.4. The maximum atomic E-state index is 15.0. The minimum Gasteiger partial charge on any atom is -0.508 e. The van der Waals surface area contributed by atoms with Crippen LogP contribution in [0, 0.1) is 11.8 Å². The van der Waals surface area contributed by atoms with E-state index in [9.17, 15) is 58.5 Å². The number of nitrogens with one attached hydrogen (secondary N) is 8. The number of amides is 9. The summed E-state index contributed by atoms with van der Waals surface area (Å²) in [7, 11) is 1.57. The van der Waals surface area contributed by atoms with Crippen molar-refractivity contribution in [3.05, 3.63) is 71.8 Å². The fourth-order valence-corrected chi connectivity index (χ4v) is 9.47. The zero-order chi connectivity index (χ0) is 58.6. The van der Waals surface area contributed by atoms with E-state index in [1.165, 1.54) is 48.2 Å². The van der Waals surface area contributed by atoms with E-state index in [0.29, 0.717) is 56.1 Å². The molecule has 1 saturated heterocycles. The molecule has 79 heavy (non-hydrogen) atoms. The van der Waals surface area contributed by atoms with Gasteiger partial charge in [0.2, 0.25) is 53.2 Å². The number of hydrogen-bond acceptors (Lipinski definition) is 13. The molecule has 1 fully saturated rings. The first-order valence-electron chi connectivity index (χ1n) is 27.1. The van der Waals surface area contributed by atoms with Crippen LogP contribution in [-0.4, -0.2) is 147 Å². The summed E-state index contributed by atoms with van der Waals surface area (Å²) in [5, 5.41) is 51.8. The number of nitrogens with two attached hydrogens (primary N) is 1. The van der Waals surface area contributed by atoms with Crippen LogP contribution in [0.2, 0.25) is 0 Å². The Kier molecular flexibility index (Phi) is 24.3. The normalized spacial score (nSPS) is 23.7. The lowest BCUT2D eigenvalue weighted by Gasteiger charge is -2.34. The Bertz CT molecular complexity index is 2500. The van der Waals surface area contributed by atoms with E-state index < -0.39 is 119 Å². The molecule has 0 radical (unpaired) electrons. The highest BCUT2D eigenvalue weighted by molar-refractivity contribution is 6.00. The number of aliphatic carboxylic acids is 1. The zero-order valence-corrected chi connectivity index (χ0v) is 46.4. The minimum absolute atomic E-state index is 0.00728. The van der Waals surface area contributed by atoms with E-state index in [1.807, 2.05) is 26.0 Å². The Hall–Kier alpha value is -7.56. The number of carbonyl (C=O) groups is 10. The number of phenols is 2. The second-order valence-corrected chi connectivity index (χ2v) is 21.9. The maximum absolute atomic E-state index is 15.0. The van der Waals surface area contributed by atoms with Crippen molar-refractivity contribution >= 4 is 59.1 Å². The van der Waals surface area contributed by atoms with Gasteiger partial charge in [-0.15, -0.1) is 0 Å². The number of rotatable bonds is 19.